The number of carbonyl (C=O) groups excluding carboxylic acids is 4. The van der Waals surface area contributed by atoms with Crippen LogP contribution in [0.3, 0.4) is 0 Å². The Bertz CT molecular complexity index is 775. The van der Waals surface area contributed by atoms with Crippen molar-refractivity contribution in [3.05, 3.63) is 22.4 Å². The van der Waals surface area contributed by atoms with Gasteiger partial charge in [-0.3, -0.25) is 14.5 Å². The Hall–Kier alpha value is -2.42. The zero-order chi connectivity index (χ0) is 20.5. The molecule has 2 aliphatic rings. The molecule has 8 nitrogen and oxygen atoms in total. The highest BCUT2D eigenvalue weighted by atomic mass is 32.1. The second kappa shape index (κ2) is 7.90. The maximum atomic E-state index is 13.2. The molecule has 1 aromatic rings. The van der Waals surface area contributed by atoms with Crippen LogP contribution in [0.2, 0.25) is 0 Å². The zero-order valence-electron chi connectivity index (χ0n) is 16.2. The lowest BCUT2D eigenvalue weighted by atomic mass is 9.91. The van der Waals surface area contributed by atoms with E-state index in [4.69, 9.17) is 4.74 Å². The van der Waals surface area contributed by atoms with E-state index in [1.165, 1.54) is 11.3 Å². The van der Waals surface area contributed by atoms with Crippen LogP contribution in [-0.2, 0) is 24.7 Å². The third-order valence-corrected chi connectivity index (χ3v) is 6.06. The molecule has 2 heterocycles. The summed E-state index contributed by atoms with van der Waals surface area (Å²) in [6.07, 6.45) is 1.70. The summed E-state index contributed by atoms with van der Waals surface area (Å²) < 4.78 is 4.99. The molecule has 0 spiro atoms. The van der Waals surface area contributed by atoms with Gasteiger partial charge in [-0.05, 0) is 43.0 Å². The van der Waals surface area contributed by atoms with Crippen molar-refractivity contribution in [2.45, 2.75) is 45.2 Å². The van der Waals surface area contributed by atoms with E-state index >= 15 is 0 Å². The number of imide groups is 1. The van der Waals surface area contributed by atoms with Crippen LogP contribution >= 0.6 is 11.3 Å². The van der Waals surface area contributed by atoms with Crippen LogP contribution < -0.4 is 10.6 Å². The maximum Gasteiger partial charge on any atom is 0.328 e. The number of amides is 4. The number of carbonyl (C=O) groups is 4. The van der Waals surface area contributed by atoms with Gasteiger partial charge in [0.25, 0.3) is 5.91 Å². The van der Waals surface area contributed by atoms with Crippen LogP contribution in [0.15, 0.2) is 17.5 Å². The van der Waals surface area contributed by atoms with Crippen molar-refractivity contribution >= 4 is 35.2 Å². The number of hydrogen-bond donors (Lipinski definition) is 2. The summed E-state index contributed by atoms with van der Waals surface area (Å²) in [5.74, 6) is -1.67. The van der Waals surface area contributed by atoms with Gasteiger partial charge in [-0.25, -0.2) is 9.59 Å². The molecule has 1 aromatic heterocycles. The van der Waals surface area contributed by atoms with Crippen molar-refractivity contribution in [1.29, 1.82) is 0 Å². The number of rotatable bonds is 8. The third kappa shape index (κ3) is 3.63. The summed E-state index contributed by atoms with van der Waals surface area (Å²) in [4.78, 5) is 52.0. The highest BCUT2D eigenvalue weighted by Crippen LogP contribution is 2.50. The molecule has 2 fully saturated rings. The first-order valence-corrected chi connectivity index (χ1v) is 10.3. The Kier molecular flexibility index (Phi) is 5.74. The van der Waals surface area contributed by atoms with E-state index in [1.54, 1.807) is 20.8 Å². The first-order valence-electron chi connectivity index (χ1n) is 9.45. The summed E-state index contributed by atoms with van der Waals surface area (Å²) in [5, 5.41) is 7.29. The fraction of sp³-hybridized carbons (Fsp3) is 0.579. The molecular formula is C19H25N3O5S. The van der Waals surface area contributed by atoms with E-state index in [0.717, 1.165) is 22.6 Å². The van der Waals surface area contributed by atoms with Crippen LogP contribution in [0, 0.1) is 11.8 Å². The molecule has 2 unspecified atom stereocenters. The van der Waals surface area contributed by atoms with Crippen molar-refractivity contribution in [3.8, 4) is 0 Å². The van der Waals surface area contributed by atoms with E-state index in [1.807, 2.05) is 17.5 Å². The molecule has 1 aliphatic heterocycles. The van der Waals surface area contributed by atoms with Crippen molar-refractivity contribution in [2.75, 3.05) is 13.2 Å². The molecule has 1 aliphatic carbocycles. The molecule has 2 N–H and O–H groups in total. The smallest absolute Gasteiger partial charge is 0.328 e. The summed E-state index contributed by atoms with van der Waals surface area (Å²) in [6.45, 7) is 5.02. The fourth-order valence-corrected chi connectivity index (χ4v) is 4.45. The number of hydrogen-bond acceptors (Lipinski definition) is 6. The van der Waals surface area contributed by atoms with Gasteiger partial charge in [0.05, 0.1) is 6.61 Å². The first kappa shape index (κ1) is 20.3. The minimum Gasteiger partial charge on any atom is -0.464 e. The molecule has 28 heavy (non-hydrogen) atoms. The normalized spacial score (nSPS) is 22.9. The average Bonchev–Trinajstić information content (AvgIpc) is 3.28. The minimum atomic E-state index is -1.08. The van der Waals surface area contributed by atoms with E-state index in [-0.39, 0.29) is 18.4 Å². The highest BCUT2D eigenvalue weighted by molar-refractivity contribution is 7.10. The molecule has 0 radical (unpaired) electrons. The van der Waals surface area contributed by atoms with E-state index in [0.29, 0.717) is 0 Å². The van der Waals surface area contributed by atoms with Gasteiger partial charge in [0.1, 0.15) is 12.6 Å². The highest BCUT2D eigenvalue weighted by Gasteiger charge is 2.61. The summed E-state index contributed by atoms with van der Waals surface area (Å²) in [7, 11) is 0. The van der Waals surface area contributed by atoms with Gasteiger partial charge < -0.3 is 15.4 Å². The first-order chi connectivity index (χ1) is 13.3. The van der Waals surface area contributed by atoms with Gasteiger partial charge in [-0.1, -0.05) is 19.9 Å². The second-order valence-electron chi connectivity index (χ2n) is 7.42. The zero-order valence-corrected chi connectivity index (χ0v) is 17.0. The van der Waals surface area contributed by atoms with Crippen molar-refractivity contribution in [1.82, 2.24) is 15.5 Å². The lowest BCUT2D eigenvalue weighted by Crippen LogP contribution is -2.50. The monoisotopic (exact) mass is 407 g/mol. The Morgan fingerprint density at radius 3 is 2.64 bits per heavy atom. The third-order valence-electron chi connectivity index (χ3n) is 5.06. The standard InChI is InChI=1S/C19H25N3O5S/c1-4-27-16(24)15(11(2)3)20-14(23)10-22-17(25)19(12-7-8-12,21-18(22)26)13-6-5-9-28-13/h5-6,9,11-12,15H,4,7-8,10H2,1-3H3,(H,20,23)(H,21,26). The van der Waals surface area contributed by atoms with Gasteiger partial charge in [-0.15, -0.1) is 11.3 Å². The van der Waals surface area contributed by atoms with E-state index in [9.17, 15) is 19.2 Å². The van der Waals surface area contributed by atoms with Gasteiger partial charge in [0, 0.05) is 4.88 Å². The summed E-state index contributed by atoms with van der Waals surface area (Å²) in [5.41, 5.74) is -1.08. The maximum absolute atomic E-state index is 13.2. The Morgan fingerprint density at radius 2 is 2.11 bits per heavy atom. The fourth-order valence-electron chi connectivity index (χ4n) is 3.49. The predicted octanol–water partition coefficient (Wildman–Crippen LogP) is 1.61. The van der Waals surface area contributed by atoms with Gasteiger partial charge in [0.15, 0.2) is 5.54 Å². The van der Waals surface area contributed by atoms with Crippen molar-refractivity contribution < 1.29 is 23.9 Å². The number of thiophene rings is 1. The lowest BCUT2D eigenvalue weighted by molar-refractivity contribution is -0.148. The van der Waals surface area contributed by atoms with Crippen LogP contribution in [-0.4, -0.2) is 47.9 Å². The molecule has 152 valence electrons. The molecule has 0 aromatic carbocycles. The van der Waals surface area contributed by atoms with Gasteiger partial charge in [0.2, 0.25) is 5.91 Å². The van der Waals surface area contributed by atoms with E-state index in [2.05, 4.69) is 10.6 Å². The Morgan fingerprint density at radius 1 is 1.39 bits per heavy atom. The van der Waals surface area contributed by atoms with Crippen LogP contribution in [0.4, 0.5) is 4.79 Å². The van der Waals surface area contributed by atoms with Crippen molar-refractivity contribution in [2.24, 2.45) is 11.8 Å². The van der Waals surface area contributed by atoms with Crippen LogP contribution in [0.25, 0.3) is 0 Å². The molecule has 0 bridgehead atoms. The molecule has 1 saturated carbocycles. The lowest BCUT2D eigenvalue weighted by Gasteiger charge is -2.25. The van der Waals surface area contributed by atoms with Gasteiger partial charge in [-0.2, -0.15) is 0 Å². The number of ether oxygens (including phenoxy) is 1. The SMILES string of the molecule is CCOC(=O)C(NC(=O)CN1C(=O)NC(c2cccs2)(C2CC2)C1=O)C(C)C. The molecule has 3 rings (SSSR count). The second-order valence-corrected chi connectivity index (χ2v) is 8.37. The van der Waals surface area contributed by atoms with Crippen LogP contribution in [0.5, 0.6) is 0 Å². The van der Waals surface area contributed by atoms with Crippen LogP contribution in [0.1, 0.15) is 38.5 Å². The van der Waals surface area contributed by atoms with E-state index < -0.39 is 41.9 Å². The molecule has 4 amide bonds. The number of nitrogens with zero attached hydrogens (tertiary/aromatic N) is 1. The Labute approximate surface area is 167 Å². The van der Waals surface area contributed by atoms with Crippen molar-refractivity contribution in [3.63, 3.8) is 0 Å². The number of nitrogens with one attached hydrogen (secondary N) is 2. The molecule has 9 heteroatoms. The predicted molar refractivity (Wildman–Crippen MR) is 102 cm³/mol. The number of urea groups is 1. The minimum absolute atomic E-state index is 0.0404. The summed E-state index contributed by atoms with van der Waals surface area (Å²) >= 11 is 1.41. The van der Waals surface area contributed by atoms with Gasteiger partial charge >= 0.3 is 12.0 Å². The number of esters is 1. The molecule has 1 saturated heterocycles. The average molecular weight is 407 g/mol. The quantitative estimate of drug-likeness (QED) is 0.503. The Balaban J connectivity index is 1.74. The summed E-state index contributed by atoms with van der Waals surface area (Å²) in [6, 6.07) is 2.25. The molecule has 2 atom stereocenters. The largest absolute Gasteiger partial charge is 0.464 e. The molecular weight excluding hydrogens is 382 g/mol. The topological polar surface area (TPSA) is 105 Å².